The maximum absolute atomic E-state index is 12.8. The maximum atomic E-state index is 12.8. The van der Waals surface area contributed by atoms with Crippen LogP contribution in [-0.2, 0) is 13.6 Å². The van der Waals surface area contributed by atoms with Crippen molar-refractivity contribution in [3.63, 3.8) is 0 Å². The first-order valence-corrected chi connectivity index (χ1v) is 6.98. The summed E-state index contributed by atoms with van der Waals surface area (Å²) in [5.41, 5.74) is -0.157. The van der Waals surface area contributed by atoms with Crippen LogP contribution in [0.5, 0.6) is 11.5 Å². The van der Waals surface area contributed by atoms with Crippen molar-refractivity contribution < 1.29 is 18.3 Å². The van der Waals surface area contributed by atoms with E-state index in [4.69, 9.17) is 21.1 Å². The molecule has 0 aliphatic carbocycles. The second kappa shape index (κ2) is 5.64. The Balaban J connectivity index is 1.97. The zero-order chi connectivity index (χ0) is 15.9. The molecule has 0 atom stereocenters. The summed E-state index contributed by atoms with van der Waals surface area (Å²) in [4.78, 5) is 11.9. The molecule has 1 aromatic heterocycles. The van der Waals surface area contributed by atoms with Gasteiger partial charge in [0.05, 0.1) is 11.6 Å². The van der Waals surface area contributed by atoms with Crippen LogP contribution in [0.25, 0.3) is 0 Å². The normalized spacial score (nSPS) is 13.7. The summed E-state index contributed by atoms with van der Waals surface area (Å²) in [7, 11) is 1.42. The van der Waals surface area contributed by atoms with Gasteiger partial charge in [-0.2, -0.15) is 0 Å². The number of ether oxygens (including phenoxy) is 2. The smallest absolute Gasteiger partial charge is 0.280 e. The molecule has 0 amide bonds. The number of halogens is 3. The molecule has 2 aromatic rings. The van der Waals surface area contributed by atoms with Gasteiger partial charge in [-0.05, 0) is 17.7 Å². The first-order valence-electron chi connectivity index (χ1n) is 6.60. The van der Waals surface area contributed by atoms with Gasteiger partial charge in [0.2, 0.25) is 0 Å². The zero-order valence-electron chi connectivity index (χ0n) is 11.7. The van der Waals surface area contributed by atoms with Gasteiger partial charge in [-0.3, -0.25) is 9.48 Å². The third-order valence-electron chi connectivity index (χ3n) is 3.47. The Labute approximate surface area is 129 Å². The minimum Gasteiger partial charge on any atom is -0.486 e. The molecule has 0 saturated carbocycles. The Morgan fingerprint density at radius 1 is 1.27 bits per heavy atom. The van der Waals surface area contributed by atoms with Crippen molar-refractivity contribution in [2.75, 3.05) is 13.2 Å². The van der Waals surface area contributed by atoms with E-state index in [9.17, 15) is 13.6 Å². The van der Waals surface area contributed by atoms with Gasteiger partial charge in [0, 0.05) is 13.1 Å². The summed E-state index contributed by atoms with van der Waals surface area (Å²) >= 11 is 6.13. The number of alkyl halides is 2. The fourth-order valence-electron chi connectivity index (χ4n) is 2.40. The van der Waals surface area contributed by atoms with Gasteiger partial charge in [-0.25, -0.2) is 13.5 Å². The lowest BCUT2D eigenvalue weighted by molar-refractivity contribution is 0.138. The standard InChI is InChI=1S/C14H13ClF2N2O3/c1-18-10(14(16)17)6-12(20)19(18)7-8-4-9(15)13-11(5-8)21-2-3-22-13/h4-6,14H,2-3,7H2,1H3. The summed E-state index contributed by atoms with van der Waals surface area (Å²) in [5, 5.41) is 0.364. The first kappa shape index (κ1) is 14.9. The van der Waals surface area contributed by atoms with Gasteiger partial charge in [0.15, 0.2) is 11.5 Å². The molecule has 0 spiro atoms. The zero-order valence-corrected chi connectivity index (χ0v) is 12.4. The molecule has 3 rings (SSSR count). The molecule has 0 unspecified atom stereocenters. The maximum Gasteiger partial charge on any atom is 0.280 e. The average molecular weight is 331 g/mol. The van der Waals surface area contributed by atoms with Crippen molar-refractivity contribution in [1.29, 1.82) is 0 Å². The third-order valence-corrected chi connectivity index (χ3v) is 3.75. The lowest BCUT2D eigenvalue weighted by atomic mass is 10.2. The third kappa shape index (κ3) is 2.56. The van der Waals surface area contributed by atoms with E-state index in [1.165, 1.54) is 11.7 Å². The monoisotopic (exact) mass is 330 g/mol. The van der Waals surface area contributed by atoms with Crippen molar-refractivity contribution in [2.45, 2.75) is 13.0 Å². The minimum atomic E-state index is -2.71. The Bertz CT molecular complexity index is 770. The van der Waals surface area contributed by atoms with Crippen LogP contribution in [0, 0.1) is 0 Å². The predicted molar refractivity (Wildman–Crippen MR) is 76.2 cm³/mol. The highest BCUT2D eigenvalue weighted by molar-refractivity contribution is 6.32. The number of benzene rings is 1. The second-order valence-electron chi connectivity index (χ2n) is 4.89. The summed E-state index contributed by atoms with van der Waals surface area (Å²) in [6.07, 6.45) is -2.71. The minimum absolute atomic E-state index is 0.110. The average Bonchev–Trinajstić information content (AvgIpc) is 2.76. The van der Waals surface area contributed by atoms with E-state index in [0.29, 0.717) is 35.3 Å². The first-order chi connectivity index (χ1) is 10.5. The van der Waals surface area contributed by atoms with E-state index in [1.807, 2.05) is 0 Å². The van der Waals surface area contributed by atoms with E-state index in [-0.39, 0.29) is 12.2 Å². The van der Waals surface area contributed by atoms with Crippen LogP contribution >= 0.6 is 11.6 Å². The lowest BCUT2D eigenvalue weighted by Crippen LogP contribution is -2.22. The summed E-state index contributed by atoms with van der Waals surface area (Å²) in [6, 6.07) is 4.27. The molecule has 1 aliphatic rings. The number of rotatable bonds is 3. The molecule has 118 valence electrons. The highest BCUT2D eigenvalue weighted by Crippen LogP contribution is 2.38. The molecule has 8 heteroatoms. The summed E-state index contributed by atoms with van der Waals surface area (Å²) in [6.45, 7) is 0.936. The highest BCUT2D eigenvalue weighted by atomic mass is 35.5. The van der Waals surface area contributed by atoms with Crippen LogP contribution in [0.2, 0.25) is 5.02 Å². The van der Waals surface area contributed by atoms with E-state index in [0.717, 1.165) is 10.7 Å². The van der Waals surface area contributed by atoms with Crippen LogP contribution in [0.1, 0.15) is 17.7 Å². The van der Waals surface area contributed by atoms with Crippen molar-refractivity contribution in [3.05, 3.63) is 44.8 Å². The Hall–Kier alpha value is -2.02. The molecule has 0 radical (unpaired) electrons. The van der Waals surface area contributed by atoms with Crippen LogP contribution in [0.3, 0.4) is 0 Å². The molecule has 2 heterocycles. The molecular formula is C14H13ClF2N2O3. The molecular weight excluding hydrogens is 318 g/mol. The van der Waals surface area contributed by atoms with E-state index < -0.39 is 12.0 Å². The molecule has 1 aromatic carbocycles. The van der Waals surface area contributed by atoms with Crippen LogP contribution in [-0.4, -0.2) is 22.6 Å². The number of hydrogen-bond acceptors (Lipinski definition) is 3. The molecule has 22 heavy (non-hydrogen) atoms. The van der Waals surface area contributed by atoms with Crippen LogP contribution in [0.15, 0.2) is 23.0 Å². The van der Waals surface area contributed by atoms with Gasteiger partial charge in [-0.1, -0.05) is 11.6 Å². The number of fused-ring (bicyclic) bond motifs is 1. The largest absolute Gasteiger partial charge is 0.486 e. The number of hydrogen-bond donors (Lipinski definition) is 0. The van der Waals surface area contributed by atoms with E-state index in [2.05, 4.69) is 0 Å². The fourth-order valence-corrected chi connectivity index (χ4v) is 2.69. The quantitative estimate of drug-likeness (QED) is 0.869. The predicted octanol–water partition coefficient (Wildman–Crippen LogP) is 2.60. The summed E-state index contributed by atoms with van der Waals surface area (Å²) in [5.74, 6) is 0.953. The molecule has 0 saturated heterocycles. The van der Waals surface area contributed by atoms with Crippen LogP contribution < -0.4 is 15.0 Å². The molecule has 1 aliphatic heterocycles. The Morgan fingerprint density at radius 2 is 2.00 bits per heavy atom. The Kier molecular flexibility index (Phi) is 3.82. The van der Waals surface area contributed by atoms with E-state index in [1.54, 1.807) is 12.1 Å². The van der Waals surface area contributed by atoms with Crippen molar-refractivity contribution >= 4 is 11.6 Å². The van der Waals surface area contributed by atoms with Crippen molar-refractivity contribution in [2.24, 2.45) is 7.05 Å². The van der Waals surface area contributed by atoms with Gasteiger partial charge in [-0.15, -0.1) is 0 Å². The molecule has 0 fully saturated rings. The van der Waals surface area contributed by atoms with Gasteiger partial charge in [0.1, 0.15) is 18.9 Å². The second-order valence-corrected chi connectivity index (χ2v) is 5.30. The van der Waals surface area contributed by atoms with Gasteiger partial charge >= 0.3 is 0 Å². The highest BCUT2D eigenvalue weighted by Gasteiger charge is 2.19. The van der Waals surface area contributed by atoms with Crippen LogP contribution in [0.4, 0.5) is 8.78 Å². The van der Waals surface area contributed by atoms with Gasteiger partial charge < -0.3 is 9.47 Å². The fraction of sp³-hybridized carbons (Fsp3) is 0.357. The molecule has 5 nitrogen and oxygen atoms in total. The Morgan fingerprint density at radius 3 is 2.68 bits per heavy atom. The summed E-state index contributed by atoms with van der Waals surface area (Å²) < 4.78 is 38.9. The molecule has 0 N–H and O–H groups in total. The lowest BCUT2D eigenvalue weighted by Gasteiger charge is -2.20. The SMILES string of the molecule is Cn1c(C(F)F)cc(=O)n1Cc1cc(Cl)c2c(c1)OCCO2. The van der Waals surface area contributed by atoms with E-state index >= 15 is 0 Å². The topological polar surface area (TPSA) is 45.4 Å². The molecule has 0 bridgehead atoms. The van der Waals surface area contributed by atoms with Gasteiger partial charge in [0.25, 0.3) is 12.0 Å². The number of aromatic nitrogens is 2. The number of nitrogens with zero attached hydrogens (tertiary/aromatic N) is 2. The van der Waals surface area contributed by atoms with Crippen molar-refractivity contribution in [3.8, 4) is 11.5 Å². The van der Waals surface area contributed by atoms with Crippen molar-refractivity contribution in [1.82, 2.24) is 9.36 Å².